The Morgan fingerprint density at radius 2 is 2.11 bits per heavy atom. The molecule has 3 fully saturated rings. The highest BCUT2D eigenvalue weighted by molar-refractivity contribution is 5.80. The van der Waals surface area contributed by atoms with Crippen LogP contribution >= 0.6 is 0 Å². The van der Waals surface area contributed by atoms with Gasteiger partial charge >= 0.3 is 0 Å². The van der Waals surface area contributed by atoms with E-state index >= 15 is 0 Å². The van der Waals surface area contributed by atoms with E-state index in [1.165, 1.54) is 12.8 Å². The van der Waals surface area contributed by atoms with E-state index in [9.17, 15) is 4.79 Å². The maximum Gasteiger partial charge on any atom is 0.243 e. The van der Waals surface area contributed by atoms with Gasteiger partial charge in [-0.3, -0.25) is 9.69 Å². The molecule has 0 spiro atoms. The SMILES string of the molecule is CC(c1nc(C2CC2)no1)N1CC(=O)N(C2CC2)C1. The van der Waals surface area contributed by atoms with Crippen molar-refractivity contribution in [2.75, 3.05) is 13.2 Å². The number of nitrogens with zero attached hydrogens (tertiary/aromatic N) is 4. The molecule has 2 heterocycles. The van der Waals surface area contributed by atoms with Crippen molar-refractivity contribution in [2.24, 2.45) is 0 Å². The molecule has 0 bridgehead atoms. The molecule has 2 saturated carbocycles. The minimum atomic E-state index is 0.0210. The first-order chi connectivity index (χ1) is 9.22. The molecule has 1 aromatic rings. The van der Waals surface area contributed by atoms with Gasteiger partial charge in [-0.1, -0.05) is 5.16 Å². The Balaban J connectivity index is 1.47. The second kappa shape index (κ2) is 4.03. The average molecular weight is 262 g/mol. The summed E-state index contributed by atoms with van der Waals surface area (Å²) in [5, 5.41) is 4.04. The van der Waals surface area contributed by atoms with Crippen LogP contribution in [0.5, 0.6) is 0 Å². The summed E-state index contributed by atoms with van der Waals surface area (Å²) in [7, 11) is 0. The Labute approximate surface area is 111 Å². The van der Waals surface area contributed by atoms with Crippen LogP contribution in [0.1, 0.15) is 56.3 Å². The lowest BCUT2D eigenvalue weighted by atomic mass is 10.3. The van der Waals surface area contributed by atoms with Crippen molar-refractivity contribution in [2.45, 2.75) is 50.6 Å². The summed E-state index contributed by atoms with van der Waals surface area (Å²) >= 11 is 0. The standard InChI is InChI=1S/C13H18N4O2/c1-8(13-14-12(15-19-13)9-2-3-9)16-6-11(18)17(7-16)10-4-5-10/h8-10H,2-7H2,1H3. The molecule has 1 unspecified atom stereocenters. The number of hydrogen-bond donors (Lipinski definition) is 0. The molecule has 1 saturated heterocycles. The molecule has 4 rings (SSSR count). The van der Waals surface area contributed by atoms with Crippen LogP contribution in [-0.4, -0.2) is 45.1 Å². The van der Waals surface area contributed by atoms with E-state index in [0.29, 0.717) is 31.1 Å². The van der Waals surface area contributed by atoms with E-state index in [4.69, 9.17) is 4.52 Å². The molecule has 3 aliphatic rings. The van der Waals surface area contributed by atoms with Crippen LogP contribution in [0, 0.1) is 0 Å². The van der Waals surface area contributed by atoms with Crippen LogP contribution in [0.2, 0.25) is 0 Å². The van der Waals surface area contributed by atoms with E-state index in [2.05, 4.69) is 15.0 Å². The molecule has 1 aromatic heterocycles. The molecule has 19 heavy (non-hydrogen) atoms. The zero-order valence-corrected chi connectivity index (χ0v) is 11.1. The predicted octanol–water partition coefficient (Wildman–Crippen LogP) is 1.27. The summed E-state index contributed by atoms with van der Waals surface area (Å²) in [5.74, 6) is 2.22. The average Bonchev–Trinajstić information content (AvgIpc) is 3.34. The topological polar surface area (TPSA) is 62.5 Å². The third-order valence-corrected chi connectivity index (χ3v) is 4.29. The second-order valence-corrected chi connectivity index (χ2v) is 5.92. The van der Waals surface area contributed by atoms with Crippen molar-refractivity contribution in [3.05, 3.63) is 11.7 Å². The Kier molecular flexibility index (Phi) is 2.42. The largest absolute Gasteiger partial charge is 0.338 e. The minimum absolute atomic E-state index is 0.0210. The highest BCUT2D eigenvalue weighted by atomic mass is 16.5. The van der Waals surface area contributed by atoms with Gasteiger partial charge in [-0.2, -0.15) is 4.98 Å². The summed E-state index contributed by atoms with van der Waals surface area (Å²) in [6.07, 6.45) is 4.65. The first-order valence-corrected chi connectivity index (χ1v) is 7.09. The molecule has 102 valence electrons. The molecular formula is C13H18N4O2. The highest BCUT2D eigenvalue weighted by Crippen LogP contribution is 2.39. The van der Waals surface area contributed by atoms with Crippen LogP contribution in [0.15, 0.2) is 4.52 Å². The van der Waals surface area contributed by atoms with Gasteiger partial charge in [0, 0.05) is 12.0 Å². The minimum Gasteiger partial charge on any atom is -0.338 e. The Morgan fingerprint density at radius 1 is 1.32 bits per heavy atom. The van der Waals surface area contributed by atoms with Crippen molar-refractivity contribution in [1.82, 2.24) is 19.9 Å². The lowest BCUT2D eigenvalue weighted by Crippen LogP contribution is -2.30. The van der Waals surface area contributed by atoms with E-state index < -0.39 is 0 Å². The van der Waals surface area contributed by atoms with Gasteiger partial charge in [0.1, 0.15) is 0 Å². The summed E-state index contributed by atoms with van der Waals surface area (Å²) < 4.78 is 5.35. The number of aromatic nitrogens is 2. The summed E-state index contributed by atoms with van der Waals surface area (Å²) in [4.78, 5) is 20.5. The number of carbonyl (C=O) groups is 1. The van der Waals surface area contributed by atoms with E-state index in [-0.39, 0.29) is 11.9 Å². The van der Waals surface area contributed by atoms with Gasteiger partial charge in [-0.25, -0.2) is 0 Å². The second-order valence-electron chi connectivity index (χ2n) is 5.92. The maximum absolute atomic E-state index is 11.9. The summed E-state index contributed by atoms with van der Waals surface area (Å²) in [5.41, 5.74) is 0. The molecule has 1 amide bonds. The van der Waals surface area contributed by atoms with E-state index in [1.807, 2.05) is 11.8 Å². The molecule has 1 atom stereocenters. The first kappa shape index (κ1) is 11.4. The third-order valence-electron chi connectivity index (χ3n) is 4.29. The Morgan fingerprint density at radius 3 is 2.79 bits per heavy atom. The van der Waals surface area contributed by atoms with Crippen LogP contribution in [0.4, 0.5) is 0 Å². The number of amides is 1. The van der Waals surface area contributed by atoms with Crippen molar-refractivity contribution < 1.29 is 9.32 Å². The Bertz CT molecular complexity index is 506. The summed E-state index contributed by atoms with van der Waals surface area (Å²) in [6, 6.07) is 0.502. The molecule has 0 N–H and O–H groups in total. The monoisotopic (exact) mass is 262 g/mol. The molecular weight excluding hydrogens is 244 g/mol. The predicted molar refractivity (Wildman–Crippen MR) is 66.1 cm³/mol. The third kappa shape index (κ3) is 2.04. The molecule has 1 aliphatic heterocycles. The zero-order valence-electron chi connectivity index (χ0n) is 11.1. The van der Waals surface area contributed by atoms with Gasteiger partial charge < -0.3 is 9.42 Å². The molecule has 6 heteroatoms. The van der Waals surface area contributed by atoms with Gasteiger partial charge in [0.25, 0.3) is 0 Å². The maximum atomic E-state index is 11.9. The van der Waals surface area contributed by atoms with Crippen molar-refractivity contribution in [1.29, 1.82) is 0 Å². The lowest BCUT2D eigenvalue weighted by molar-refractivity contribution is -0.127. The fraction of sp³-hybridized carbons (Fsp3) is 0.769. The quantitative estimate of drug-likeness (QED) is 0.817. The fourth-order valence-corrected chi connectivity index (χ4v) is 2.63. The molecule has 6 nitrogen and oxygen atoms in total. The van der Waals surface area contributed by atoms with Crippen molar-refractivity contribution in [3.63, 3.8) is 0 Å². The Hall–Kier alpha value is -1.43. The van der Waals surface area contributed by atoms with Gasteiger partial charge in [-0.15, -0.1) is 0 Å². The highest BCUT2D eigenvalue weighted by Gasteiger charge is 2.41. The van der Waals surface area contributed by atoms with Gasteiger partial charge in [0.2, 0.25) is 11.8 Å². The fourth-order valence-electron chi connectivity index (χ4n) is 2.63. The van der Waals surface area contributed by atoms with Crippen LogP contribution < -0.4 is 0 Å². The molecule has 2 aliphatic carbocycles. The van der Waals surface area contributed by atoms with E-state index in [1.54, 1.807) is 0 Å². The van der Waals surface area contributed by atoms with E-state index in [0.717, 1.165) is 18.7 Å². The molecule has 0 radical (unpaired) electrons. The number of rotatable bonds is 4. The first-order valence-electron chi connectivity index (χ1n) is 7.09. The number of hydrogen-bond acceptors (Lipinski definition) is 5. The van der Waals surface area contributed by atoms with Crippen LogP contribution in [0.3, 0.4) is 0 Å². The van der Waals surface area contributed by atoms with Gasteiger partial charge in [0.15, 0.2) is 5.82 Å². The smallest absolute Gasteiger partial charge is 0.243 e. The van der Waals surface area contributed by atoms with Gasteiger partial charge in [0.05, 0.1) is 19.3 Å². The summed E-state index contributed by atoms with van der Waals surface area (Å²) in [6.45, 7) is 3.21. The molecule has 0 aromatic carbocycles. The van der Waals surface area contributed by atoms with Crippen LogP contribution in [0.25, 0.3) is 0 Å². The number of carbonyl (C=O) groups excluding carboxylic acids is 1. The zero-order chi connectivity index (χ0) is 13.0. The van der Waals surface area contributed by atoms with Gasteiger partial charge in [-0.05, 0) is 32.6 Å². The van der Waals surface area contributed by atoms with Crippen molar-refractivity contribution in [3.8, 4) is 0 Å². The van der Waals surface area contributed by atoms with Crippen LogP contribution in [-0.2, 0) is 4.79 Å². The van der Waals surface area contributed by atoms with Crippen molar-refractivity contribution >= 4 is 5.91 Å². The lowest BCUT2D eigenvalue weighted by Gasteiger charge is -2.20. The normalized spacial score (nSPS) is 26.2.